The average molecular weight is 288 g/mol. The Labute approximate surface area is 122 Å². The minimum Gasteiger partial charge on any atom is -0.478 e. The van der Waals surface area contributed by atoms with E-state index in [0.29, 0.717) is 36.2 Å². The first-order valence-corrected chi connectivity index (χ1v) is 6.50. The van der Waals surface area contributed by atoms with Crippen LogP contribution >= 0.6 is 0 Å². The van der Waals surface area contributed by atoms with Gasteiger partial charge in [0.2, 0.25) is 11.8 Å². The molecule has 0 spiro atoms. The molecule has 2 rings (SSSR count). The van der Waals surface area contributed by atoms with Crippen molar-refractivity contribution in [3.05, 3.63) is 17.3 Å². The Morgan fingerprint density at radius 1 is 1.24 bits per heavy atom. The van der Waals surface area contributed by atoms with E-state index in [-0.39, 0.29) is 11.8 Å². The zero-order valence-electron chi connectivity index (χ0n) is 12.1. The maximum atomic E-state index is 9.06. The van der Waals surface area contributed by atoms with Crippen LogP contribution in [0.15, 0.2) is 6.07 Å². The normalized spacial score (nSPS) is 10.2. The number of nitrogens with zero attached hydrogens (tertiary/aromatic N) is 5. The summed E-state index contributed by atoms with van der Waals surface area (Å²) in [5, 5.41) is 13.3. The Kier molecular flexibility index (Phi) is 4.23. The summed E-state index contributed by atoms with van der Waals surface area (Å²) in [6.07, 6.45) is 0. The number of anilines is 1. The summed E-state index contributed by atoms with van der Waals surface area (Å²) in [5.74, 6) is 1.10. The molecule has 0 aliphatic carbocycles. The second-order valence-electron chi connectivity index (χ2n) is 4.08. The first-order chi connectivity index (χ1) is 10.1. The zero-order valence-corrected chi connectivity index (χ0v) is 12.1. The number of nitrogen functional groups attached to an aromatic ring is 1. The van der Waals surface area contributed by atoms with E-state index in [1.807, 2.05) is 19.9 Å². The highest BCUT2D eigenvalue weighted by Gasteiger charge is 2.17. The van der Waals surface area contributed by atoms with Gasteiger partial charge in [-0.1, -0.05) is 0 Å². The summed E-state index contributed by atoms with van der Waals surface area (Å²) in [7, 11) is 0. The monoisotopic (exact) mass is 288 g/mol. The molecule has 2 aromatic rings. The van der Waals surface area contributed by atoms with Crippen molar-refractivity contribution < 1.29 is 9.47 Å². The Bertz CT molecular complexity index is 664. The smallest absolute Gasteiger partial charge is 0.259 e. The molecule has 0 aliphatic heterocycles. The van der Waals surface area contributed by atoms with Crippen LogP contribution in [0.4, 0.5) is 5.82 Å². The Balaban J connectivity index is 2.55. The molecule has 0 saturated heterocycles. The standard InChI is InChI=1S/C13H16N6O2/c1-4-20-10-6-11(21-5-2)17-13(16-10)19-12(15)9(7-14)8(3)18-19/h6H,4-5,15H2,1-3H3. The average Bonchev–Trinajstić information content (AvgIpc) is 2.74. The predicted octanol–water partition coefficient (Wildman–Crippen LogP) is 1.22. The van der Waals surface area contributed by atoms with E-state index in [1.165, 1.54) is 4.68 Å². The fourth-order valence-corrected chi connectivity index (χ4v) is 1.77. The van der Waals surface area contributed by atoms with Crippen LogP contribution < -0.4 is 15.2 Å². The predicted molar refractivity (Wildman–Crippen MR) is 75.4 cm³/mol. The van der Waals surface area contributed by atoms with Gasteiger partial charge in [0.25, 0.3) is 5.95 Å². The molecule has 0 saturated carbocycles. The molecule has 0 fully saturated rings. The lowest BCUT2D eigenvalue weighted by Crippen LogP contribution is -2.10. The molecule has 8 heteroatoms. The third-order valence-corrected chi connectivity index (χ3v) is 2.65. The van der Waals surface area contributed by atoms with Crippen LogP contribution in [0.25, 0.3) is 5.95 Å². The molecule has 0 aromatic carbocycles. The maximum absolute atomic E-state index is 9.06. The first kappa shape index (κ1) is 14.6. The van der Waals surface area contributed by atoms with Crippen molar-refractivity contribution in [2.24, 2.45) is 0 Å². The zero-order chi connectivity index (χ0) is 15.4. The van der Waals surface area contributed by atoms with Crippen LogP contribution in [0.3, 0.4) is 0 Å². The highest BCUT2D eigenvalue weighted by atomic mass is 16.5. The van der Waals surface area contributed by atoms with Gasteiger partial charge in [-0.25, -0.2) is 0 Å². The van der Waals surface area contributed by atoms with E-state index < -0.39 is 0 Å². The van der Waals surface area contributed by atoms with Gasteiger partial charge >= 0.3 is 0 Å². The third-order valence-electron chi connectivity index (χ3n) is 2.65. The van der Waals surface area contributed by atoms with E-state index >= 15 is 0 Å². The van der Waals surface area contributed by atoms with E-state index in [1.54, 1.807) is 13.0 Å². The van der Waals surface area contributed by atoms with Gasteiger partial charge in [0.15, 0.2) is 0 Å². The number of nitrogens with two attached hydrogens (primary N) is 1. The number of rotatable bonds is 5. The Hall–Kier alpha value is -2.82. The van der Waals surface area contributed by atoms with Crippen molar-refractivity contribution in [2.75, 3.05) is 18.9 Å². The molecule has 8 nitrogen and oxygen atoms in total. The molecular weight excluding hydrogens is 272 g/mol. The fourth-order valence-electron chi connectivity index (χ4n) is 1.77. The number of ether oxygens (including phenoxy) is 2. The van der Waals surface area contributed by atoms with Gasteiger partial charge in [-0.05, 0) is 20.8 Å². The summed E-state index contributed by atoms with van der Waals surface area (Å²) >= 11 is 0. The van der Waals surface area contributed by atoms with Crippen LogP contribution in [0.2, 0.25) is 0 Å². The van der Waals surface area contributed by atoms with Gasteiger partial charge in [0.05, 0.1) is 25.0 Å². The van der Waals surface area contributed by atoms with Crippen molar-refractivity contribution in [1.29, 1.82) is 5.26 Å². The molecule has 0 atom stereocenters. The molecule has 2 heterocycles. The summed E-state index contributed by atoms with van der Waals surface area (Å²) in [6.45, 7) is 6.31. The largest absolute Gasteiger partial charge is 0.478 e. The number of aryl methyl sites for hydroxylation is 1. The number of hydrogen-bond acceptors (Lipinski definition) is 7. The minimum atomic E-state index is 0.186. The van der Waals surface area contributed by atoms with Crippen LogP contribution in [0.1, 0.15) is 25.1 Å². The van der Waals surface area contributed by atoms with Crippen molar-refractivity contribution in [2.45, 2.75) is 20.8 Å². The molecule has 21 heavy (non-hydrogen) atoms. The summed E-state index contributed by atoms with van der Waals surface area (Å²) < 4.78 is 12.1. The highest BCUT2D eigenvalue weighted by molar-refractivity contribution is 5.54. The van der Waals surface area contributed by atoms with Gasteiger partial charge in [-0.15, -0.1) is 0 Å². The van der Waals surface area contributed by atoms with E-state index in [2.05, 4.69) is 15.1 Å². The van der Waals surface area contributed by atoms with Crippen molar-refractivity contribution in [1.82, 2.24) is 19.7 Å². The van der Waals surface area contributed by atoms with Crippen LogP contribution in [-0.4, -0.2) is 33.0 Å². The molecule has 2 aromatic heterocycles. The van der Waals surface area contributed by atoms with Crippen LogP contribution in [-0.2, 0) is 0 Å². The lowest BCUT2D eigenvalue weighted by Gasteiger charge is -2.09. The molecule has 110 valence electrons. The van der Waals surface area contributed by atoms with Crippen molar-refractivity contribution in [3.8, 4) is 23.8 Å². The summed E-state index contributed by atoms with van der Waals surface area (Å²) in [6, 6.07) is 3.60. The number of hydrogen-bond donors (Lipinski definition) is 1. The third kappa shape index (κ3) is 2.86. The lowest BCUT2D eigenvalue weighted by molar-refractivity contribution is 0.304. The van der Waals surface area contributed by atoms with E-state index in [4.69, 9.17) is 20.5 Å². The second-order valence-corrected chi connectivity index (χ2v) is 4.08. The fraction of sp³-hybridized carbons (Fsp3) is 0.385. The van der Waals surface area contributed by atoms with Crippen molar-refractivity contribution >= 4 is 5.82 Å². The lowest BCUT2D eigenvalue weighted by atomic mass is 10.3. The van der Waals surface area contributed by atoms with E-state index in [9.17, 15) is 0 Å². The summed E-state index contributed by atoms with van der Waals surface area (Å²) in [5.41, 5.74) is 6.73. The van der Waals surface area contributed by atoms with Gasteiger partial charge in [-0.3, -0.25) is 0 Å². The summed E-state index contributed by atoms with van der Waals surface area (Å²) in [4.78, 5) is 8.45. The maximum Gasteiger partial charge on any atom is 0.259 e. The van der Waals surface area contributed by atoms with Crippen molar-refractivity contribution in [3.63, 3.8) is 0 Å². The van der Waals surface area contributed by atoms with Gasteiger partial charge in [-0.2, -0.15) is 25.0 Å². The molecule has 2 N–H and O–H groups in total. The van der Waals surface area contributed by atoms with E-state index in [0.717, 1.165) is 0 Å². The number of nitriles is 1. The van der Waals surface area contributed by atoms with Crippen LogP contribution in [0, 0.1) is 18.3 Å². The van der Waals surface area contributed by atoms with Crippen LogP contribution in [0.5, 0.6) is 11.8 Å². The number of aromatic nitrogens is 4. The highest BCUT2D eigenvalue weighted by Crippen LogP contribution is 2.22. The Morgan fingerprint density at radius 3 is 2.24 bits per heavy atom. The molecular formula is C13H16N6O2. The van der Waals surface area contributed by atoms with Gasteiger partial charge in [0, 0.05) is 0 Å². The second kappa shape index (κ2) is 6.09. The topological polar surface area (TPSA) is 112 Å². The van der Waals surface area contributed by atoms with Gasteiger partial charge < -0.3 is 15.2 Å². The minimum absolute atomic E-state index is 0.186. The molecule has 0 aliphatic rings. The molecule has 0 radical (unpaired) electrons. The Morgan fingerprint density at radius 2 is 1.81 bits per heavy atom. The molecule has 0 amide bonds. The SMILES string of the molecule is CCOc1cc(OCC)nc(-n2nc(C)c(C#N)c2N)n1. The quantitative estimate of drug-likeness (QED) is 0.880. The molecule has 0 bridgehead atoms. The molecule has 0 unspecified atom stereocenters. The van der Waals surface area contributed by atoms with Gasteiger partial charge in [0.1, 0.15) is 17.5 Å². The first-order valence-electron chi connectivity index (χ1n) is 6.50.